The van der Waals surface area contributed by atoms with E-state index in [-0.39, 0.29) is 29.1 Å². The Bertz CT molecular complexity index is 1070. The van der Waals surface area contributed by atoms with Gasteiger partial charge in [0.15, 0.2) is 22.8 Å². The fourth-order valence-electron chi connectivity index (χ4n) is 3.66. The molecule has 2 aromatic heterocycles. The Hall–Kier alpha value is -3.22. The molecule has 0 saturated heterocycles. The molecule has 3 aromatic rings. The first-order valence-corrected chi connectivity index (χ1v) is 9.37. The number of fused-ring (bicyclic) bond motifs is 1. The minimum atomic E-state index is -0.296. The van der Waals surface area contributed by atoms with Crippen LogP contribution in [0.3, 0.4) is 0 Å². The fraction of sp³-hybridized carbons (Fsp3) is 0.333. The Kier molecular flexibility index (Phi) is 4.58. The van der Waals surface area contributed by atoms with Crippen molar-refractivity contribution in [3.05, 3.63) is 70.0 Å². The van der Waals surface area contributed by atoms with Gasteiger partial charge in [-0.15, -0.1) is 0 Å². The second-order valence-electron chi connectivity index (χ2n) is 7.34. The maximum absolute atomic E-state index is 13.1. The van der Waals surface area contributed by atoms with Crippen molar-refractivity contribution in [3.63, 3.8) is 0 Å². The number of rotatable bonds is 3. The van der Waals surface area contributed by atoms with Crippen molar-refractivity contribution >= 4 is 5.91 Å². The standard InChI is InChI=1S/C21H22N4O3/c1-13(2)18-20-22-19(15-7-5-4-6-8-15)23-25(20)10-9-24(18)21(27)17-12-16(26)11-14(3)28-17/h4-8,11-13,18H,9-10H2,1-3H3/t18-/m0/s1. The summed E-state index contributed by atoms with van der Waals surface area (Å²) < 4.78 is 7.41. The Morgan fingerprint density at radius 3 is 2.61 bits per heavy atom. The van der Waals surface area contributed by atoms with Crippen LogP contribution < -0.4 is 5.43 Å². The van der Waals surface area contributed by atoms with Gasteiger partial charge < -0.3 is 9.32 Å². The topological polar surface area (TPSA) is 81.2 Å². The van der Waals surface area contributed by atoms with Crippen LogP contribution in [0.15, 0.2) is 51.7 Å². The summed E-state index contributed by atoms with van der Waals surface area (Å²) >= 11 is 0. The predicted octanol–water partition coefficient (Wildman–Crippen LogP) is 3.06. The van der Waals surface area contributed by atoms with E-state index in [4.69, 9.17) is 9.40 Å². The van der Waals surface area contributed by atoms with Crippen LogP contribution in [0.2, 0.25) is 0 Å². The average Bonchev–Trinajstić information content (AvgIpc) is 3.10. The van der Waals surface area contributed by atoms with E-state index < -0.39 is 0 Å². The van der Waals surface area contributed by atoms with E-state index in [0.717, 1.165) is 11.4 Å². The minimum Gasteiger partial charge on any atom is -0.456 e. The molecule has 0 spiro atoms. The first-order chi connectivity index (χ1) is 13.4. The molecule has 0 N–H and O–H groups in total. The molecule has 7 heteroatoms. The molecule has 1 atom stereocenters. The lowest BCUT2D eigenvalue weighted by atomic mass is 9.99. The Morgan fingerprint density at radius 1 is 1.18 bits per heavy atom. The second kappa shape index (κ2) is 7.07. The largest absolute Gasteiger partial charge is 0.456 e. The van der Waals surface area contributed by atoms with Gasteiger partial charge in [0.2, 0.25) is 0 Å². The molecule has 1 aliphatic heterocycles. The van der Waals surface area contributed by atoms with E-state index in [2.05, 4.69) is 5.10 Å². The number of hydrogen-bond donors (Lipinski definition) is 0. The third kappa shape index (κ3) is 3.24. The number of carbonyl (C=O) groups is 1. The minimum absolute atomic E-state index is 0.0619. The first kappa shape index (κ1) is 18.2. The number of benzene rings is 1. The zero-order chi connectivity index (χ0) is 19.8. The molecule has 28 heavy (non-hydrogen) atoms. The van der Waals surface area contributed by atoms with Gasteiger partial charge in [-0.05, 0) is 12.8 Å². The van der Waals surface area contributed by atoms with E-state index >= 15 is 0 Å². The van der Waals surface area contributed by atoms with E-state index in [9.17, 15) is 9.59 Å². The molecule has 1 aromatic carbocycles. The molecule has 0 bridgehead atoms. The molecule has 1 aliphatic rings. The lowest BCUT2D eigenvalue weighted by Crippen LogP contribution is -2.44. The monoisotopic (exact) mass is 378 g/mol. The van der Waals surface area contributed by atoms with Gasteiger partial charge in [0, 0.05) is 24.2 Å². The molecule has 7 nitrogen and oxygen atoms in total. The SMILES string of the molecule is Cc1cc(=O)cc(C(=O)N2CCn3nc(-c4ccccc4)nc3[C@@H]2C(C)C)o1. The molecular formula is C21H22N4O3. The lowest BCUT2D eigenvalue weighted by molar-refractivity contribution is 0.0500. The Labute approximate surface area is 162 Å². The molecule has 0 aliphatic carbocycles. The third-order valence-corrected chi connectivity index (χ3v) is 4.88. The molecule has 0 fully saturated rings. The van der Waals surface area contributed by atoms with Gasteiger partial charge in [0.25, 0.3) is 5.91 Å². The predicted molar refractivity (Wildman–Crippen MR) is 104 cm³/mol. The van der Waals surface area contributed by atoms with Crippen molar-refractivity contribution in [1.82, 2.24) is 19.7 Å². The van der Waals surface area contributed by atoms with Crippen LogP contribution in [0.1, 0.15) is 42.0 Å². The van der Waals surface area contributed by atoms with Gasteiger partial charge in [0.05, 0.1) is 12.6 Å². The highest BCUT2D eigenvalue weighted by molar-refractivity contribution is 5.91. The quantitative estimate of drug-likeness (QED) is 0.700. The highest BCUT2D eigenvalue weighted by atomic mass is 16.3. The summed E-state index contributed by atoms with van der Waals surface area (Å²) in [5.74, 6) is 1.71. The molecule has 144 valence electrons. The summed E-state index contributed by atoms with van der Waals surface area (Å²) in [6, 6.07) is 12.2. The van der Waals surface area contributed by atoms with Crippen LogP contribution in [0.25, 0.3) is 11.4 Å². The third-order valence-electron chi connectivity index (χ3n) is 4.88. The Morgan fingerprint density at radius 2 is 1.93 bits per heavy atom. The summed E-state index contributed by atoms with van der Waals surface area (Å²) in [5.41, 5.74) is 0.703. The van der Waals surface area contributed by atoms with Crippen LogP contribution in [-0.2, 0) is 6.54 Å². The summed E-state index contributed by atoms with van der Waals surface area (Å²) in [4.78, 5) is 31.4. The van der Waals surface area contributed by atoms with Crippen LogP contribution in [-0.4, -0.2) is 32.1 Å². The van der Waals surface area contributed by atoms with Crippen molar-refractivity contribution < 1.29 is 9.21 Å². The van der Waals surface area contributed by atoms with Crippen molar-refractivity contribution in [3.8, 4) is 11.4 Å². The van der Waals surface area contributed by atoms with E-state index in [1.807, 2.05) is 48.9 Å². The maximum atomic E-state index is 13.1. The average molecular weight is 378 g/mol. The molecule has 4 rings (SSSR count). The first-order valence-electron chi connectivity index (χ1n) is 9.37. The molecule has 0 unspecified atom stereocenters. The van der Waals surface area contributed by atoms with E-state index in [1.165, 1.54) is 12.1 Å². The van der Waals surface area contributed by atoms with Gasteiger partial charge in [-0.1, -0.05) is 44.2 Å². The summed E-state index contributed by atoms with van der Waals surface area (Å²) in [5, 5.41) is 4.64. The van der Waals surface area contributed by atoms with Gasteiger partial charge in [0.1, 0.15) is 5.76 Å². The molecule has 1 amide bonds. The van der Waals surface area contributed by atoms with E-state index in [1.54, 1.807) is 11.8 Å². The zero-order valence-electron chi connectivity index (χ0n) is 16.1. The Balaban J connectivity index is 1.73. The van der Waals surface area contributed by atoms with Gasteiger partial charge in [-0.2, -0.15) is 5.10 Å². The van der Waals surface area contributed by atoms with Crippen LogP contribution in [0.4, 0.5) is 0 Å². The van der Waals surface area contributed by atoms with Crippen molar-refractivity contribution in [2.45, 2.75) is 33.4 Å². The van der Waals surface area contributed by atoms with E-state index in [0.29, 0.717) is 24.7 Å². The summed E-state index contributed by atoms with van der Waals surface area (Å²) in [6.07, 6.45) is 0. The van der Waals surface area contributed by atoms with Gasteiger partial charge in [-0.3, -0.25) is 9.59 Å². The molecular weight excluding hydrogens is 356 g/mol. The van der Waals surface area contributed by atoms with Crippen LogP contribution in [0.5, 0.6) is 0 Å². The highest BCUT2D eigenvalue weighted by Gasteiger charge is 2.37. The van der Waals surface area contributed by atoms with Crippen molar-refractivity contribution in [1.29, 1.82) is 0 Å². The van der Waals surface area contributed by atoms with Gasteiger partial charge in [-0.25, -0.2) is 9.67 Å². The van der Waals surface area contributed by atoms with Gasteiger partial charge >= 0.3 is 0 Å². The smallest absolute Gasteiger partial charge is 0.290 e. The van der Waals surface area contributed by atoms with Crippen LogP contribution in [0, 0.1) is 12.8 Å². The zero-order valence-corrected chi connectivity index (χ0v) is 16.1. The lowest BCUT2D eigenvalue weighted by Gasteiger charge is -2.37. The summed E-state index contributed by atoms with van der Waals surface area (Å²) in [6.45, 7) is 6.77. The molecule has 3 heterocycles. The van der Waals surface area contributed by atoms with Crippen molar-refractivity contribution in [2.75, 3.05) is 6.54 Å². The number of amides is 1. The normalized spacial score (nSPS) is 16.3. The van der Waals surface area contributed by atoms with Crippen molar-refractivity contribution in [2.24, 2.45) is 5.92 Å². The number of aryl methyl sites for hydroxylation is 1. The number of nitrogens with zero attached hydrogens (tertiary/aromatic N) is 4. The fourth-order valence-corrected chi connectivity index (χ4v) is 3.66. The molecule has 0 saturated carbocycles. The second-order valence-corrected chi connectivity index (χ2v) is 7.34. The highest BCUT2D eigenvalue weighted by Crippen LogP contribution is 2.33. The number of hydrogen-bond acceptors (Lipinski definition) is 5. The number of carbonyl (C=O) groups excluding carboxylic acids is 1. The van der Waals surface area contributed by atoms with Crippen LogP contribution >= 0.6 is 0 Å². The summed E-state index contributed by atoms with van der Waals surface area (Å²) in [7, 11) is 0. The number of aromatic nitrogens is 3. The maximum Gasteiger partial charge on any atom is 0.290 e. The molecule has 0 radical (unpaired) electrons.